The minimum atomic E-state index is -0.677. The Balaban J connectivity index is 1.97. The number of hydrogen-bond donors (Lipinski definition) is 2. The molecule has 1 aliphatic heterocycles. The Hall–Kier alpha value is -3.80. The van der Waals surface area contributed by atoms with Gasteiger partial charge in [-0.2, -0.15) is 0 Å². The Bertz CT molecular complexity index is 1140. The molecule has 0 saturated heterocycles. The molecule has 3 aromatic rings. The molecule has 4 rings (SSSR count). The second-order valence-electron chi connectivity index (χ2n) is 6.81. The Kier molecular flexibility index (Phi) is 5.39. The van der Waals surface area contributed by atoms with E-state index in [1.807, 2.05) is 66.7 Å². The first-order chi connectivity index (χ1) is 14.6. The van der Waals surface area contributed by atoms with Crippen LogP contribution >= 0.6 is 0 Å². The number of carbonyl (C=O) groups excluding carboxylic acids is 2. The van der Waals surface area contributed by atoms with Crippen molar-refractivity contribution in [1.82, 2.24) is 10.6 Å². The van der Waals surface area contributed by atoms with Gasteiger partial charge in [0.1, 0.15) is 5.75 Å². The van der Waals surface area contributed by atoms with Crippen LogP contribution in [-0.2, 0) is 9.53 Å². The lowest BCUT2D eigenvalue weighted by Crippen LogP contribution is -2.45. The van der Waals surface area contributed by atoms with Gasteiger partial charge >= 0.3 is 12.0 Å². The fourth-order valence-electron chi connectivity index (χ4n) is 3.78. The number of esters is 1. The molecule has 0 unspecified atom stereocenters. The topological polar surface area (TPSA) is 76.7 Å². The molecule has 0 radical (unpaired) electrons. The predicted molar refractivity (Wildman–Crippen MR) is 115 cm³/mol. The van der Waals surface area contributed by atoms with Crippen molar-refractivity contribution in [3.05, 3.63) is 83.4 Å². The SMILES string of the molecule is CCOC(=O)C1=C(c2ccccc2)NC(=O)N[C@H]1c1ccc(OC)c2ccccc12. The summed E-state index contributed by atoms with van der Waals surface area (Å²) in [6.07, 6.45) is 0. The van der Waals surface area contributed by atoms with Gasteiger partial charge in [0.2, 0.25) is 0 Å². The number of rotatable bonds is 5. The lowest BCUT2D eigenvalue weighted by molar-refractivity contribution is -0.138. The van der Waals surface area contributed by atoms with E-state index in [1.54, 1.807) is 14.0 Å². The van der Waals surface area contributed by atoms with Crippen molar-refractivity contribution in [3.63, 3.8) is 0 Å². The third-order valence-electron chi connectivity index (χ3n) is 5.08. The van der Waals surface area contributed by atoms with Crippen molar-refractivity contribution in [2.75, 3.05) is 13.7 Å². The number of nitrogens with one attached hydrogen (secondary N) is 2. The monoisotopic (exact) mass is 402 g/mol. The van der Waals surface area contributed by atoms with Crippen LogP contribution < -0.4 is 15.4 Å². The van der Waals surface area contributed by atoms with Gasteiger partial charge in [-0.25, -0.2) is 9.59 Å². The van der Waals surface area contributed by atoms with Crippen molar-refractivity contribution in [1.29, 1.82) is 0 Å². The molecule has 6 nitrogen and oxygen atoms in total. The van der Waals surface area contributed by atoms with Crippen LogP contribution in [0, 0.1) is 0 Å². The summed E-state index contributed by atoms with van der Waals surface area (Å²) in [5.74, 6) is 0.244. The smallest absolute Gasteiger partial charge is 0.338 e. The fourth-order valence-corrected chi connectivity index (χ4v) is 3.78. The summed E-state index contributed by atoms with van der Waals surface area (Å²) >= 11 is 0. The van der Waals surface area contributed by atoms with Crippen molar-refractivity contribution in [2.45, 2.75) is 13.0 Å². The quantitative estimate of drug-likeness (QED) is 0.628. The van der Waals surface area contributed by atoms with E-state index >= 15 is 0 Å². The molecular weight excluding hydrogens is 380 g/mol. The minimum absolute atomic E-state index is 0.231. The van der Waals surface area contributed by atoms with E-state index in [0.29, 0.717) is 11.3 Å². The molecule has 0 spiro atoms. The molecule has 2 amide bonds. The van der Waals surface area contributed by atoms with E-state index in [-0.39, 0.29) is 12.6 Å². The van der Waals surface area contributed by atoms with E-state index in [0.717, 1.165) is 27.6 Å². The fraction of sp³-hybridized carbons (Fsp3) is 0.167. The van der Waals surface area contributed by atoms with E-state index in [9.17, 15) is 9.59 Å². The second-order valence-corrected chi connectivity index (χ2v) is 6.81. The number of benzene rings is 3. The highest BCUT2D eigenvalue weighted by molar-refractivity contribution is 6.06. The maximum atomic E-state index is 13.0. The molecule has 6 heteroatoms. The zero-order valence-corrected chi connectivity index (χ0v) is 16.8. The lowest BCUT2D eigenvalue weighted by atomic mass is 9.89. The maximum absolute atomic E-state index is 13.0. The molecule has 30 heavy (non-hydrogen) atoms. The summed E-state index contributed by atoms with van der Waals surface area (Å²) < 4.78 is 10.9. The Morgan fingerprint density at radius 2 is 1.67 bits per heavy atom. The molecule has 0 aromatic heterocycles. The highest BCUT2D eigenvalue weighted by atomic mass is 16.5. The highest BCUT2D eigenvalue weighted by Gasteiger charge is 2.35. The Morgan fingerprint density at radius 3 is 2.37 bits per heavy atom. The predicted octanol–water partition coefficient (Wildman–Crippen LogP) is 4.18. The summed E-state index contributed by atoms with van der Waals surface area (Å²) in [7, 11) is 1.62. The Morgan fingerprint density at radius 1 is 0.967 bits per heavy atom. The summed E-state index contributed by atoms with van der Waals surface area (Å²) in [4.78, 5) is 25.6. The molecule has 1 heterocycles. The molecule has 0 bridgehead atoms. The normalized spacial score (nSPS) is 16.1. The summed E-state index contributed by atoms with van der Waals surface area (Å²) in [6.45, 7) is 1.99. The number of ether oxygens (including phenoxy) is 2. The van der Waals surface area contributed by atoms with Crippen LogP contribution in [0.2, 0.25) is 0 Å². The summed E-state index contributed by atoms with van der Waals surface area (Å²) in [5, 5.41) is 7.48. The van der Waals surface area contributed by atoms with Crippen molar-refractivity contribution >= 4 is 28.5 Å². The largest absolute Gasteiger partial charge is 0.496 e. The van der Waals surface area contributed by atoms with Crippen molar-refractivity contribution < 1.29 is 19.1 Å². The van der Waals surface area contributed by atoms with Crippen LogP contribution in [0.4, 0.5) is 4.79 Å². The molecule has 2 N–H and O–H groups in total. The van der Waals surface area contributed by atoms with Gasteiger partial charge in [-0.05, 0) is 29.5 Å². The molecule has 0 saturated carbocycles. The van der Waals surface area contributed by atoms with E-state index in [4.69, 9.17) is 9.47 Å². The van der Waals surface area contributed by atoms with E-state index < -0.39 is 12.0 Å². The van der Waals surface area contributed by atoms with Crippen LogP contribution in [0.25, 0.3) is 16.5 Å². The average Bonchev–Trinajstić information content (AvgIpc) is 2.78. The van der Waals surface area contributed by atoms with Gasteiger partial charge in [0.15, 0.2) is 0 Å². The van der Waals surface area contributed by atoms with E-state index in [2.05, 4.69) is 10.6 Å². The van der Waals surface area contributed by atoms with Crippen molar-refractivity contribution in [2.24, 2.45) is 0 Å². The number of hydrogen-bond acceptors (Lipinski definition) is 4. The average molecular weight is 402 g/mol. The summed E-state index contributed by atoms with van der Waals surface area (Å²) in [6, 6.07) is 19.7. The van der Waals surface area contributed by atoms with Crippen LogP contribution in [-0.4, -0.2) is 25.7 Å². The number of amides is 2. The van der Waals surface area contributed by atoms with Crippen LogP contribution in [0.1, 0.15) is 24.1 Å². The number of fused-ring (bicyclic) bond motifs is 1. The number of urea groups is 1. The molecule has 0 aliphatic carbocycles. The lowest BCUT2D eigenvalue weighted by Gasteiger charge is -2.30. The number of carbonyl (C=O) groups is 2. The van der Waals surface area contributed by atoms with Gasteiger partial charge < -0.3 is 20.1 Å². The molecular formula is C24H22N2O4. The van der Waals surface area contributed by atoms with Gasteiger partial charge in [0.25, 0.3) is 0 Å². The second kappa shape index (κ2) is 8.29. The van der Waals surface area contributed by atoms with Gasteiger partial charge in [-0.1, -0.05) is 60.7 Å². The molecule has 3 aromatic carbocycles. The van der Waals surface area contributed by atoms with Crippen LogP contribution in [0.3, 0.4) is 0 Å². The first-order valence-electron chi connectivity index (χ1n) is 9.74. The molecule has 1 atom stereocenters. The van der Waals surface area contributed by atoms with Crippen LogP contribution in [0.5, 0.6) is 5.75 Å². The van der Waals surface area contributed by atoms with Gasteiger partial charge in [-0.15, -0.1) is 0 Å². The van der Waals surface area contributed by atoms with Gasteiger partial charge in [0, 0.05) is 5.39 Å². The summed E-state index contributed by atoms with van der Waals surface area (Å²) in [5.41, 5.74) is 2.33. The molecule has 152 valence electrons. The van der Waals surface area contributed by atoms with Gasteiger partial charge in [0.05, 0.1) is 31.0 Å². The van der Waals surface area contributed by atoms with Gasteiger partial charge in [-0.3, -0.25) is 0 Å². The van der Waals surface area contributed by atoms with Crippen molar-refractivity contribution in [3.8, 4) is 5.75 Å². The third-order valence-corrected chi connectivity index (χ3v) is 5.08. The first kappa shape index (κ1) is 19.5. The molecule has 1 aliphatic rings. The Labute approximate surface area is 174 Å². The molecule has 0 fully saturated rings. The third kappa shape index (κ3) is 3.48. The first-order valence-corrected chi connectivity index (χ1v) is 9.74. The standard InChI is InChI=1S/C24H22N2O4/c1-3-30-23(27)20-21(15-9-5-4-6-10-15)25-24(28)26-22(20)18-13-14-19(29-2)17-12-8-7-11-16(17)18/h4-14,22H,3H2,1-2H3,(H2,25,26,28)/t22-/m0/s1. The maximum Gasteiger partial charge on any atom is 0.338 e. The zero-order chi connectivity index (χ0) is 21.1. The minimum Gasteiger partial charge on any atom is -0.496 e. The van der Waals surface area contributed by atoms with Crippen LogP contribution in [0.15, 0.2) is 72.3 Å². The highest BCUT2D eigenvalue weighted by Crippen LogP contribution is 2.37. The number of methoxy groups -OCH3 is 1. The van der Waals surface area contributed by atoms with E-state index in [1.165, 1.54) is 0 Å². The zero-order valence-electron chi connectivity index (χ0n) is 16.8.